The van der Waals surface area contributed by atoms with E-state index >= 15 is 0 Å². The van der Waals surface area contributed by atoms with Crippen molar-refractivity contribution >= 4 is 21.9 Å². The summed E-state index contributed by atoms with van der Waals surface area (Å²) >= 11 is 3.11. The van der Waals surface area contributed by atoms with Crippen LogP contribution in [0.15, 0.2) is 27.1 Å². The lowest BCUT2D eigenvalue weighted by atomic mass is 9.91. The fourth-order valence-corrected chi connectivity index (χ4v) is 2.19. The Hall–Kier alpha value is -1.69. The molecule has 0 aliphatic carbocycles. The van der Waals surface area contributed by atoms with Crippen LogP contribution in [0.5, 0.6) is 0 Å². The Balaban J connectivity index is 2.58. The third-order valence-corrected chi connectivity index (χ3v) is 3.48. The average Bonchev–Trinajstić information content (AvgIpc) is 2.86. The minimum atomic E-state index is -0.583. The highest BCUT2D eigenvalue weighted by atomic mass is 79.9. The van der Waals surface area contributed by atoms with Gasteiger partial charge in [-0.15, -0.1) is 0 Å². The van der Waals surface area contributed by atoms with E-state index in [2.05, 4.69) is 20.9 Å². The number of esters is 1. The van der Waals surface area contributed by atoms with E-state index in [4.69, 9.17) is 9.15 Å². The molecule has 1 aromatic carbocycles. The number of ether oxygens (including phenoxy) is 1. The molecule has 0 radical (unpaired) electrons. The van der Waals surface area contributed by atoms with Gasteiger partial charge in [-0.1, -0.05) is 20.8 Å². The van der Waals surface area contributed by atoms with Gasteiger partial charge in [-0.2, -0.15) is 0 Å². The summed E-state index contributed by atoms with van der Waals surface area (Å²) in [4.78, 5) is 16.2. The zero-order chi connectivity index (χ0) is 15.8. The normalized spacial score (nSPS) is 11.5. The van der Waals surface area contributed by atoms with Gasteiger partial charge in [0.2, 0.25) is 11.7 Å². The molecule has 0 bridgehead atoms. The van der Waals surface area contributed by atoms with Crippen LogP contribution in [0.4, 0.5) is 4.39 Å². The number of aromatic nitrogens is 1. The summed E-state index contributed by atoms with van der Waals surface area (Å²) in [7, 11) is 1.28. The van der Waals surface area contributed by atoms with Crippen molar-refractivity contribution in [2.75, 3.05) is 7.11 Å². The van der Waals surface area contributed by atoms with Crippen molar-refractivity contribution in [3.63, 3.8) is 0 Å². The first-order chi connectivity index (χ1) is 9.74. The van der Waals surface area contributed by atoms with Gasteiger partial charge in [0.15, 0.2) is 0 Å². The topological polar surface area (TPSA) is 52.3 Å². The summed E-state index contributed by atoms with van der Waals surface area (Å²) in [6.45, 7) is 5.75. The molecule has 0 spiro atoms. The van der Waals surface area contributed by atoms with Crippen LogP contribution in [0.25, 0.3) is 11.5 Å². The first-order valence-electron chi connectivity index (χ1n) is 6.29. The van der Waals surface area contributed by atoms with E-state index in [1.54, 1.807) is 12.1 Å². The first-order valence-corrected chi connectivity index (χ1v) is 7.08. The maximum Gasteiger partial charge on any atom is 0.376 e. The molecule has 1 aromatic heterocycles. The molecule has 1 heterocycles. The van der Waals surface area contributed by atoms with Crippen molar-refractivity contribution in [2.45, 2.75) is 26.2 Å². The van der Waals surface area contributed by atoms with E-state index in [1.807, 2.05) is 20.8 Å². The fraction of sp³-hybridized carbons (Fsp3) is 0.333. The van der Waals surface area contributed by atoms with Crippen LogP contribution >= 0.6 is 15.9 Å². The molecule has 0 aliphatic rings. The fourth-order valence-electron chi connectivity index (χ4n) is 1.81. The van der Waals surface area contributed by atoms with Gasteiger partial charge in [-0.3, -0.25) is 0 Å². The Morgan fingerprint density at radius 2 is 2.05 bits per heavy atom. The molecule has 2 rings (SSSR count). The maximum absolute atomic E-state index is 13.3. The SMILES string of the molecule is COC(=O)c1oc(-c2ccc(F)c(Br)c2)nc1C(C)(C)C. The van der Waals surface area contributed by atoms with E-state index in [1.165, 1.54) is 13.2 Å². The number of carbonyl (C=O) groups excluding carboxylic acids is 1. The molecular weight excluding hydrogens is 341 g/mol. The van der Waals surface area contributed by atoms with Crippen LogP contribution in [0.3, 0.4) is 0 Å². The number of nitrogens with zero attached hydrogens (tertiary/aromatic N) is 1. The van der Waals surface area contributed by atoms with E-state index in [0.29, 0.717) is 15.7 Å². The Labute approximate surface area is 130 Å². The number of rotatable bonds is 2. The molecule has 0 N–H and O–H groups in total. The molecule has 0 fully saturated rings. The van der Waals surface area contributed by atoms with Crippen molar-refractivity contribution in [1.82, 2.24) is 4.98 Å². The molecule has 112 valence electrons. The number of oxazole rings is 1. The lowest BCUT2D eigenvalue weighted by Gasteiger charge is -2.15. The minimum absolute atomic E-state index is 0.0699. The van der Waals surface area contributed by atoms with Gasteiger partial charge >= 0.3 is 5.97 Å². The van der Waals surface area contributed by atoms with E-state index < -0.39 is 5.97 Å². The van der Waals surface area contributed by atoms with Crippen LogP contribution in [0.1, 0.15) is 37.0 Å². The number of methoxy groups -OCH3 is 1. The van der Waals surface area contributed by atoms with Crippen LogP contribution in [-0.2, 0) is 10.2 Å². The third-order valence-electron chi connectivity index (χ3n) is 2.87. The Bertz CT molecular complexity index is 689. The summed E-state index contributed by atoms with van der Waals surface area (Å²) in [5.74, 6) is -0.643. The molecule has 0 saturated heterocycles. The van der Waals surface area contributed by atoms with Crippen LogP contribution in [0, 0.1) is 5.82 Å². The molecule has 0 saturated carbocycles. The quantitative estimate of drug-likeness (QED) is 0.752. The van der Waals surface area contributed by atoms with Crippen LogP contribution in [0.2, 0.25) is 0 Å². The summed E-state index contributed by atoms with van der Waals surface area (Å²) in [6, 6.07) is 4.40. The smallest absolute Gasteiger partial charge is 0.376 e. The zero-order valence-corrected chi connectivity index (χ0v) is 13.7. The van der Waals surface area contributed by atoms with Gasteiger partial charge in [-0.05, 0) is 34.1 Å². The molecule has 0 unspecified atom stereocenters. The van der Waals surface area contributed by atoms with Gasteiger partial charge < -0.3 is 9.15 Å². The highest BCUT2D eigenvalue weighted by Gasteiger charge is 2.30. The summed E-state index contributed by atoms with van der Waals surface area (Å²) < 4.78 is 23.9. The number of halogens is 2. The highest BCUT2D eigenvalue weighted by Crippen LogP contribution is 2.32. The lowest BCUT2D eigenvalue weighted by molar-refractivity contribution is 0.0562. The second-order valence-corrected chi connectivity index (χ2v) is 6.42. The molecule has 21 heavy (non-hydrogen) atoms. The molecule has 4 nitrogen and oxygen atoms in total. The van der Waals surface area contributed by atoms with Gasteiger partial charge in [-0.25, -0.2) is 14.2 Å². The predicted octanol–water partition coefficient (Wildman–Crippen LogP) is 4.33. The summed E-state index contributed by atoms with van der Waals surface area (Å²) in [5, 5.41) is 0. The van der Waals surface area contributed by atoms with E-state index in [-0.39, 0.29) is 22.9 Å². The van der Waals surface area contributed by atoms with Gasteiger partial charge in [0.25, 0.3) is 0 Å². The minimum Gasteiger partial charge on any atom is -0.463 e. The monoisotopic (exact) mass is 355 g/mol. The van der Waals surface area contributed by atoms with Crippen molar-refractivity contribution in [2.24, 2.45) is 0 Å². The largest absolute Gasteiger partial charge is 0.463 e. The highest BCUT2D eigenvalue weighted by molar-refractivity contribution is 9.10. The molecule has 0 atom stereocenters. The van der Waals surface area contributed by atoms with E-state index in [0.717, 1.165) is 0 Å². The summed E-state index contributed by atoms with van der Waals surface area (Å²) in [5.41, 5.74) is 0.691. The number of benzene rings is 1. The number of carbonyl (C=O) groups is 1. The standard InChI is InChI=1S/C15H15BrFNO3/c1-15(2,3)12-11(14(19)20-4)21-13(18-12)8-5-6-10(17)9(16)7-8/h5-7H,1-4H3. The first kappa shape index (κ1) is 15.7. The maximum atomic E-state index is 13.3. The second kappa shape index (κ2) is 5.60. The second-order valence-electron chi connectivity index (χ2n) is 5.57. The van der Waals surface area contributed by atoms with Crippen LogP contribution < -0.4 is 0 Å². The van der Waals surface area contributed by atoms with Gasteiger partial charge in [0.05, 0.1) is 11.6 Å². The van der Waals surface area contributed by atoms with Gasteiger partial charge in [0.1, 0.15) is 11.5 Å². The zero-order valence-electron chi connectivity index (χ0n) is 12.2. The van der Waals surface area contributed by atoms with Crippen molar-refractivity contribution in [1.29, 1.82) is 0 Å². The number of hydrogen-bond donors (Lipinski definition) is 0. The molecule has 6 heteroatoms. The predicted molar refractivity (Wildman–Crippen MR) is 79.6 cm³/mol. The van der Waals surface area contributed by atoms with Crippen molar-refractivity contribution in [3.05, 3.63) is 39.9 Å². The van der Waals surface area contributed by atoms with Crippen molar-refractivity contribution in [3.8, 4) is 11.5 Å². The molecule has 0 amide bonds. The summed E-state index contributed by atoms with van der Waals surface area (Å²) in [6.07, 6.45) is 0. The molecular formula is C15H15BrFNO3. The molecule has 2 aromatic rings. The van der Waals surface area contributed by atoms with Gasteiger partial charge in [0, 0.05) is 11.0 Å². The molecule has 0 aliphatic heterocycles. The Kier molecular flexibility index (Phi) is 4.18. The third kappa shape index (κ3) is 3.15. The van der Waals surface area contributed by atoms with Crippen LogP contribution in [-0.4, -0.2) is 18.1 Å². The van der Waals surface area contributed by atoms with E-state index in [9.17, 15) is 9.18 Å². The Morgan fingerprint density at radius 1 is 1.38 bits per heavy atom. The average molecular weight is 356 g/mol. The Morgan fingerprint density at radius 3 is 2.57 bits per heavy atom. The number of hydrogen-bond acceptors (Lipinski definition) is 4. The van der Waals surface area contributed by atoms with Crippen molar-refractivity contribution < 1.29 is 18.3 Å². The lowest BCUT2D eigenvalue weighted by Crippen LogP contribution is -2.17.